The third-order valence-corrected chi connectivity index (χ3v) is 5.86. The van der Waals surface area contributed by atoms with Gasteiger partial charge in [-0.1, -0.05) is 18.2 Å². The van der Waals surface area contributed by atoms with Gasteiger partial charge in [-0.2, -0.15) is 0 Å². The van der Waals surface area contributed by atoms with E-state index in [4.69, 9.17) is 4.42 Å². The molecule has 0 atom stereocenters. The Morgan fingerprint density at radius 2 is 1.45 bits per heavy atom. The second-order valence-corrected chi connectivity index (χ2v) is 7.96. The average Bonchev–Trinajstić information content (AvgIpc) is 3.52. The largest absolute Gasteiger partial charge is 0.467 e. The van der Waals surface area contributed by atoms with Crippen molar-refractivity contribution in [2.75, 3.05) is 50.7 Å². The predicted octanol–water partition coefficient (Wildman–Crippen LogP) is 1.58. The molecule has 0 N–H and O–H groups in total. The van der Waals surface area contributed by atoms with Crippen molar-refractivity contribution in [2.24, 2.45) is 0 Å². The number of amides is 3. The maximum atomic E-state index is 13.1. The van der Waals surface area contributed by atoms with E-state index in [1.165, 1.54) is 0 Å². The molecule has 2 saturated heterocycles. The van der Waals surface area contributed by atoms with Crippen LogP contribution in [0.3, 0.4) is 0 Å². The third kappa shape index (κ3) is 5.14. The molecule has 1 aromatic carbocycles. The van der Waals surface area contributed by atoms with E-state index in [-0.39, 0.29) is 12.5 Å². The summed E-state index contributed by atoms with van der Waals surface area (Å²) in [6, 6.07) is 13.2. The maximum Gasteiger partial charge on any atom is 0.312 e. The summed E-state index contributed by atoms with van der Waals surface area (Å²) in [7, 11) is 0. The van der Waals surface area contributed by atoms with Gasteiger partial charge < -0.3 is 19.1 Å². The second-order valence-electron chi connectivity index (χ2n) is 7.96. The first-order chi connectivity index (χ1) is 15.1. The fourth-order valence-electron chi connectivity index (χ4n) is 4.07. The zero-order chi connectivity index (χ0) is 21.6. The molecule has 164 valence electrons. The lowest BCUT2D eigenvalue weighted by molar-refractivity contribution is -0.152. The number of carbonyl (C=O) groups excluding carboxylic acids is 3. The van der Waals surface area contributed by atoms with Crippen LogP contribution in [0.1, 0.15) is 18.6 Å². The van der Waals surface area contributed by atoms with Gasteiger partial charge in [0.1, 0.15) is 5.76 Å². The number of furan rings is 1. The number of carbonyl (C=O) groups is 3. The van der Waals surface area contributed by atoms with Crippen molar-refractivity contribution in [3.05, 3.63) is 54.5 Å². The van der Waals surface area contributed by atoms with Crippen LogP contribution in [0.2, 0.25) is 0 Å². The zero-order valence-corrected chi connectivity index (χ0v) is 17.6. The van der Waals surface area contributed by atoms with Crippen LogP contribution < -0.4 is 4.90 Å². The lowest BCUT2D eigenvalue weighted by atomic mass is 10.2. The molecule has 0 aliphatic carbocycles. The van der Waals surface area contributed by atoms with Gasteiger partial charge in [0.2, 0.25) is 5.91 Å². The average molecular weight is 425 g/mol. The van der Waals surface area contributed by atoms with E-state index >= 15 is 0 Å². The Morgan fingerprint density at radius 1 is 0.806 bits per heavy atom. The van der Waals surface area contributed by atoms with E-state index in [0.29, 0.717) is 51.6 Å². The number of nitrogens with zero attached hydrogens (tertiary/aromatic N) is 4. The van der Waals surface area contributed by atoms with Crippen molar-refractivity contribution < 1.29 is 18.8 Å². The number of hydrogen-bond acceptors (Lipinski definition) is 5. The zero-order valence-electron chi connectivity index (χ0n) is 17.6. The molecule has 3 heterocycles. The summed E-state index contributed by atoms with van der Waals surface area (Å²) in [5.74, 6) is -0.129. The van der Waals surface area contributed by atoms with E-state index in [1.807, 2.05) is 47.4 Å². The Kier molecular flexibility index (Phi) is 6.66. The molecule has 2 aromatic rings. The quantitative estimate of drug-likeness (QED) is 0.681. The summed E-state index contributed by atoms with van der Waals surface area (Å²) < 4.78 is 5.44. The van der Waals surface area contributed by atoms with Gasteiger partial charge in [0.05, 0.1) is 19.4 Å². The Balaban J connectivity index is 1.33. The minimum atomic E-state index is -0.420. The first-order valence-corrected chi connectivity index (χ1v) is 10.8. The van der Waals surface area contributed by atoms with Crippen LogP contribution in [0.25, 0.3) is 0 Å². The fourth-order valence-corrected chi connectivity index (χ4v) is 4.07. The highest BCUT2D eigenvalue weighted by Gasteiger charge is 2.31. The molecule has 0 saturated carbocycles. The van der Waals surface area contributed by atoms with Crippen molar-refractivity contribution in [3.8, 4) is 0 Å². The Bertz CT molecular complexity index is 886. The molecular weight excluding hydrogens is 396 g/mol. The minimum Gasteiger partial charge on any atom is -0.467 e. The van der Waals surface area contributed by atoms with Gasteiger partial charge in [-0.15, -0.1) is 0 Å². The molecular formula is C23H28N4O4. The van der Waals surface area contributed by atoms with E-state index in [1.54, 1.807) is 21.0 Å². The van der Waals surface area contributed by atoms with Crippen LogP contribution in [0.4, 0.5) is 5.69 Å². The van der Waals surface area contributed by atoms with Crippen molar-refractivity contribution >= 4 is 23.4 Å². The number of anilines is 1. The van der Waals surface area contributed by atoms with Crippen LogP contribution in [0.15, 0.2) is 53.1 Å². The summed E-state index contributed by atoms with van der Waals surface area (Å²) >= 11 is 0. The molecule has 3 amide bonds. The van der Waals surface area contributed by atoms with Crippen LogP contribution in [0, 0.1) is 0 Å². The lowest BCUT2D eigenvalue weighted by Gasteiger charge is -2.35. The second kappa shape index (κ2) is 9.78. The van der Waals surface area contributed by atoms with Crippen LogP contribution >= 0.6 is 0 Å². The van der Waals surface area contributed by atoms with Gasteiger partial charge in [-0.05, 0) is 37.1 Å². The lowest BCUT2D eigenvalue weighted by Crippen LogP contribution is -2.54. The molecule has 2 aliphatic rings. The molecule has 0 bridgehead atoms. The molecule has 8 heteroatoms. The Morgan fingerprint density at radius 3 is 2.06 bits per heavy atom. The summed E-state index contributed by atoms with van der Waals surface area (Å²) in [6.45, 7) is 3.98. The van der Waals surface area contributed by atoms with Gasteiger partial charge in [-0.25, -0.2) is 0 Å². The molecule has 1 aromatic heterocycles. The summed E-state index contributed by atoms with van der Waals surface area (Å²) in [4.78, 5) is 45.0. The molecule has 4 rings (SSSR count). The summed E-state index contributed by atoms with van der Waals surface area (Å²) in [5.41, 5.74) is 0.814. The van der Waals surface area contributed by atoms with E-state index in [0.717, 1.165) is 18.5 Å². The van der Waals surface area contributed by atoms with Crippen molar-refractivity contribution in [1.82, 2.24) is 14.7 Å². The highest BCUT2D eigenvalue weighted by atomic mass is 16.3. The topological polar surface area (TPSA) is 77.3 Å². The Hall–Kier alpha value is -3.13. The Labute approximate surface area is 182 Å². The van der Waals surface area contributed by atoms with Crippen molar-refractivity contribution in [3.63, 3.8) is 0 Å². The highest BCUT2D eigenvalue weighted by Crippen LogP contribution is 2.18. The van der Waals surface area contributed by atoms with E-state index < -0.39 is 11.8 Å². The summed E-state index contributed by atoms with van der Waals surface area (Å²) in [6.07, 6.45) is 3.53. The van der Waals surface area contributed by atoms with E-state index in [2.05, 4.69) is 0 Å². The molecule has 2 aliphatic heterocycles. The minimum absolute atomic E-state index is 0.0319. The first-order valence-electron chi connectivity index (χ1n) is 10.8. The number of piperazine rings is 1. The van der Waals surface area contributed by atoms with Gasteiger partial charge in [0, 0.05) is 45.0 Å². The van der Waals surface area contributed by atoms with Gasteiger partial charge >= 0.3 is 11.8 Å². The fraction of sp³-hybridized carbons (Fsp3) is 0.435. The molecule has 2 fully saturated rings. The first kappa shape index (κ1) is 21.1. The van der Waals surface area contributed by atoms with Gasteiger partial charge in [0.15, 0.2) is 0 Å². The predicted molar refractivity (Wildman–Crippen MR) is 115 cm³/mol. The van der Waals surface area contributed by atoms with Gasteiger partial charge in [-0.3, -0.25) is 19.3 Å². The monoisotopic (exact) mass is 424 g/mol. The van der Waals surface area contributed by atoms with E-state index in [9.17, 15) is 14.4 Å². The van der Waals surface area contributed by atoms with Crippen molar-refractivity contribution in [2.45, 2.75) is 19.4 Å². The summed E-state index contributed by atoms with van der Waals surface area (Å²) in [5, 5.41) is 0. The van der Waals surface area contributed by atoms with Crippen LogP contribution in [-0.2, 0) is 20.9 Å². The molecule has 8 nitrogen and oxygen atoms in total. The van der Waals surface area contributed by atoms with Crippen LogP contribution in [-0.4, -0.2) is 78.2 Å². The van der Waals surface area contributed by atoms with Crippen molar-refractivity contribution in [1.29, 1.82) is 0 Å². The molecule has 0 spiro atoms. The number of hydrogen-bond donors (Lipinski definition) is 0. The molecule has 31 heavy (non-hydrogen) atoms. The maximum absolute atomic E-state index is 13.1. The third-order valence-electron chi connectivity index (χ3n) is 5.86. The van der Waals surface area contributed by atoms with Crippen LogP contribution in [0.5, 0.6) is 0 Å². The molecule has 0 unspecified atom stereocenters. The standard InChI is InChI=1S/C23H28N4O4/c28-21(27(17-20-9-6-16-31-20)19-7-2-1-3-8-19)18-24-12-14-26(15-13-24)23(30)22(29)25-10-4-5-11-25/h1-3,6-9,16H,4-5,10-15,17-18H2. The normalized spacial score (nSPS) is 17.0. The number of likely N-dealkylation sites (tertiary alicyclic amines) is 1. The smallest absolute Gasteiger partial charge is 0.312 e. The SMILES string of the molecule is O=C(C(=O)N1CCN(CC(=O)N(Cc2ccco2)c2ccccc2)CC1)N1CCCC1. The number of benzene rings is 1. The number of rotatable bonds is 5. The highest BCUT2D eigenvalue weighted by molar-refractivity contribution is 6.35. The number of para-hydroxylation sites is 1. The molecule has 0 radical (unpaired) electrons. The van der Waals surface area contributed by atoms with Gasteiger partial charge in [0.25, 0.3) is 0 Å².